The van der Waals surface area contributed by atoms with Gasteiger partial charge in [0.25, 0.3) is 5.91 Å². The van der Waals surface area contributed by atoms with E-state index in [-0.39, 0.29) is 30.7 Å². The fourth-order valence-corrected chi connectivity index (χ4v) is 2.59. The minimum absolute atomic E-state index is 0.0227. The highest BCUT2D eigenvalue weighted by Crippen LogP contribution is 2.19. The van der Waals surface area contributed by atoms with Gasteiger partial charge in [0.05, 0.1) is 6.54 Å². The minimum atomic E-state index is -1.06. The van der Waals surface area contributed by atoms with Crippen LogP contribution >= 0.6 is 11.6 Å². The topological polar surface area (TPSA) is 74.8 Å². The molecule has 5 nitrogen and oxygen atoms in total. The van der Waals surface area contributed by atoms with E-state index in [9.17, 15) is 18.4 Å². The van der Waals surface area contributed by atoms with Crippen LogP contribution < -0.4 is 16.0 Å². The van der Waals surface area contributed by atoms with Crippen LogP contribution in [0.2, 0.25) is 5.02 Å². The van der Waals surface area contributed by atoms with Gasteiger partial charge in [0.1, 0.15) is 6.04 Å². The van der Waals surface area contributed by atoms with E-state index >= 15 is 0 Å². The van der Waals surface area contributed by atoms with Crippen molar-refractivity contribution in [3.05, 3.63) is 64.7 Å². The molecule has 0 aliphatic rings. The molecule has 0 radical (unpaired) electrons. The second-order valence-electron chi connectivity index (χ2n) is 5.70. The van der Waals surface area contributed by atoms with Crippen LogP contribution in [0, 0.1) is 11.6 Å². The van der Waals surface area contributed by atoms with Gasteiger partial charge in [-0.15, -0.1) is 0 Å². The van der Waals surface area contributed by atoms with E-state index in [1.165, 1.54) is 6.07 Å². The summed E-state index contributed by atoms with van der Waals surface area (Å²) in [5, 5.41) is 7.27. The number of nitrogens with two attached hydrogens (primary N) is 1. The number of rotatable bonds is 7. The van der Waals surface area contributed by atoms with Gasteiger partial charge in [0.15, 0.2) is 18.2 Å². The predicted molar refractivity (Wildman–Crippen MR) is 94.7 cm³/mol. The van der Waals surface area contributed by atoms with Crippen LogP contribution in [0.3, 0.4) is 0 Å². The van der Waals surface area contributed by atoms with Crippen molar-refractivity contribution in [1.29, 1.82) is 0 Å². The molecule has 26 heavy (non-hydrogen) atoms. The maximum Gasteiger partial charge on any atom is 0.275 e. The van der Waals surface area contributed by atoms with Crippen molar-refractivity contribution >= 4 is 29.1 Å². The van der Waals surface area contributed by atoms with Crippen LogP contribution in [0.25, 0.3) is 0 Å². The van der Waals surface area contributed by atoms with Gasteiger partial charge in [-0.25, -0.2) is 8.78 Å². The molecule has 0 spiro atoms. The maximum atomic E-state index is 13.1. The van der Waals surface area contributed by atoms with Gasteiger partial charge in [-0.2, -0.15) is 0 Å². The Morgan fingerprint density at radius 1 is 1.12 bits per heavy atom. The van der Waals surface area contributed by atoms with E-state index in [0.717, 1.165) is 17.7 Å². The Labute approximate surface area is 154 Å². The van der Waals surface area contributed by atoms with Gasteiger partial charge in [-0.1, -0.05) is 29.8 Å². The lowest BCUT2D eigenvalue weighted by molar-refractivity contribution is -0.682. The molecule has 0 saturated heterocycles. The molecule has 8 heteroatoms. The third-order valence-corrected chi connectivity index (χ3v) is 4.05. The Balaban J connectivity index is 1.75. The summed E-state index contributed by atoms with van der Waals surface area (Å²) in [6.45, 7) is 1.77. The average Bonchev–Trinajstić information content (AvgIpc) is 2.61. The number of hydrogen-bond donors (Lipinski definition) is 3. The molecule has 0 aliphatic carbocycles. The zero-order valence-electron chi connectivity index (χ0n) is 14.1. The number of carbonyl (C=O) groups is 2. The number of benzene rings is 2. The predicted octanol–water partition coefficient (Wildman–Crippen LogP) is 2.00. The van der Waals surface area contributed by atoms with Crippen molar-refractivity contribution in [3.8, 4) is 0 Å². The van der Waals surface area contributed by atoms with Gasteiger partial charge in [-0.05, 0) is 25.1 Å². The zero-order chi connectivity index (χ0) is 19.1. The number of anilines is 1. The van der Waals surface area contributed by atoms with Crippen LogP contribution in [0.4, 0.5) is 14.5 Å². The largest absolute Gasteiger partial charge is 0.342 e. The van der Waals surface area contributed by atoms with Crippen molar-refractivity contribution < 1.29 is 23.7 Å². The summed E-state index contributed by atoms with van der Waals surface area (Å²) < 4.78 is 25.9. The first-order chi connectivity index (χ1) is 12.4. The first-order valence-electron chi connectivity index (χ1n) is 7.96. The molecule has 2 amide bonds. The molecule has 4 N–H and O–H groups in total. The monoisotopic (exact) mass is 382 g/mol. The maximum absolute atomic E-state index is 13.1. The summed E-state index contributed by atoms with van der Waals surface area (Å²) in [6.07, 6.45) is 0. The zero-order valence-corrected chi connectivity index (χ0v) is 14.8. The van der Waals surface area contributed by atoms with Crippen molar-refractivity contribution in [2.75, 3.05) is 18.4 Å². The van der Waals surface area contributed by atoms with E-state index in [4.69, 9.17) is 11.6 Å². The number of halogens is 3. The fourth-order valence-electron chi connectivity index (χ4n) is 2.29. The molecule has 0 fully saturated rings. The van der Waals surface area contributed by atoms with Crippen LogP contribution in [0.1, 0.15) is 18.5 Å². The standard InChI is InChI=1S/C18H18ClF2N3O2/c1-11(13-4-2-3-5-14(13)19)22-9-17(25)23-10-18(26)24-12-6-7-15(20)16(21)8-12/h2-8,11,22H,9-10H2,1H3,(H,23,25)(H,24,26)/p+1/t11-/m1/s1. The molecule has 0 saturated carbocycles. The minimum Gasteiger partial charge on any atom is -0.342 e. The summed E-state index contributed by atoms with van der Waals surface area (Å²) >= 11 is 6.11. The first kappa shape index (κ1) is 19.8. The number of quaternary nitrogens is 1. The second-order valence-corrected chi connectivity index (χ2v) is 6.11. The molecule has 0 aliphatic heterocycles. The highest BCUT2D eigenvalue weighted by molar-refractivity contribution is 6.31. The Kier molecular flexibility index (Phi) is 7.06. The van der Waals surface area contributed by atoms with Gasteiger partial charge in [0.2, 0.25) is 5.91 Å². The third kappa shape index (κ3) is 5.79. The molecule has 2 rings (SSSR count). The van der Waals surface area contributed by atoms with Crippen molar-refractivity contribution in [3.63, 3.8) is 0 Å². The summed E-state index contributed by atoms with van der Waals surface area (Å²) in [4.78, 5) is 23.6. The Morgan fingerprint density at radius 2 is 1.85 bits per heavy atom. The molecular weight excluding hydrogens is 364 g/mol. The molecule has 0 bridgehead atoms. The quantitative estimate of drug-likeness (QED) is 0.685. The van der Waals surface area contributed by atoms with E-state index < -0.39 is 17.5 Å². The van der Waals surface area contributed by atoms with Crippen LogP contribution in [-0.4, -0.2) is 24.9 Å². The normalized spacial score (nSPS) is 11.7. The van der Waals surface area contributed by atoms with E-state index in [1.54, 1.807) is 11.4 Å². The highest BCUT2D eigenvalue weighted by atomic mass is 35.5. The summed E-state index contributed by atoms with van der Waals surface area (Å²) in [5.74, 6) is -2.93. The van der Waals surface area contributed by atoms with Crippen LogP contribution in [0.15, 0.2) is 42.5 Å². The summed E-state index contributed by atoms with van der Waals surface area (Å²) in [7, 11) is 0. The number of carbonyl (C=O) groups excluding carboxylic acids is 2. The van der Waals surface area contributed by atoms with Gasteiger partial charge < -0.3 is 16.0 Å². The molecular formula is C18H19ClF2N3O2+. The Bertz CT molecular complexity index is 802. The lowest BCUT2D eigenvalue weighted by Gasteiger charge is -2.12. The Hall–Kier alpha value is -2.51. The molecule has 2 aromatic carbocycles. The molecule has 0 unspecified atom stereocenters. The van der Waals surface area contributed by atoms with E-state index in [2.05, 4.69) is 10.6 Å². The van der Waals surface area contributed by atoms with Crippen molar-refractivity contribution in [2.24, 2.45) is 0 Å². The van der Waals surface area contributed by atoms with Gasteiger partial charge in [-0.3, -0.25) is 9.59 Å². The van der Waals surface area contributed by atoms with Crippen LogP contribution in [-0.2, 0) is 9.59 Å². The summed E-state index contributed by atoms with van der Waals surface area (Å²) in [5.41, 5.74) is 1.03. The van der Waals surface area contributed by atoms with Gasteiger partial charge >= 0.3 is 0 Å². The number of nitrogens with one attached hydrogen (secondary N) is 2. The second kappa shape index (κ2) is 9.26. The molecule has 0 aromatic heterocycles. The lowest BCUT2D eigenvalue weighted by Crippen LogP contribution is -2.87. The fraction of sp³-hybridized carbons (Fsp3) is 0.222. The molecule has 1 atom stereocenters. The summed E-state index contributed by atoms with van der Waals surface area (Å²) in [6, 6.07) is 10.4. The van der Waals surface area contributed by atoms with E-state index in [1.807, 2.05) is 25.1 Å². The van der Waals surface area contributed by atoms with E-state index in [0.29, 0.717) is 5.02 Å². The van der Waals surface area contributed by atoms with Crippen molar-refractivity contribution in [2.45, 2.75) is 13.0 Å². The number of amides is 2. The molecule has 2 aromatic rings. The number of hydrogen-bond acceptors (Lipinski definition) is 2. The SMILES string of the molecule is C[C@@H]([NH2+]CC(=O)NCC(=O)Nc1ccc(F)c(F)c1)c1ccccc1Cl. The van der Waals surface area contributed by atoms with Gasteiger partial charge in [0, 0.05) is 22.3 Å². The van der Waals surface area contributed by atoms with Crippen molar-refractivity contribution in [1.82, 2.24) is 5.32 Å². The first-order valence-corrected chi connectivity index (χ1v) is 8.34. The molecule has 138 valence electrons. The third-order valence-electron chi connectivity index (χ3n) is 3.70. The smallest absolute Gasteiger partial charge is 0.275 e. The van der Waals surface area contributed by atoms with Crippen LogP contribution in [0.5, 0.6) is 0 Å². The molecule has 0 heterocycles. The average molecular weight is 383 g/mol. The lowest BCUT2D eigenvalue weighted by atomic mass is 10.1. The Morgan fingerprint density at radius 3 is 2.54 bits per heavy atom. The highest BCUT2D eigenvalue weighted by Gasteiger charge is 2.14.